The van der Waals surface area contributed by atoms with Crippen LogP contribution in [0.5, 0.6) is 0 Å². The minimum atomic E-state index is 0.761. The van der Waals surface area contributed by atoms with Gasteiger partial charge in [-0.15, -0.1) is 11.3 Å². The Kier molecular flexibility index (Phi) is 2.71. The molecule has 0 N–H and O–H groups in total. The van der Waals surface area contributed by atoms with Gasteiger partial charge < -0.3 is 0 Å². The summed E-state index contributed by atoms with van der Waals surface area (Å²) < 4.78 is 3.43. The average molecular weight is 367 g/mol. The predicted octanol–water partition coefficient (Wildman–Crippen LogP) is 4.08. The third-order valence-corrected chi connectivity index (χ3v) is 4.70. The molecule has 13 heavy (non-hydrogen) atoms. The molecule has 1 aromatic heterocycles. The first-order valence-electron chi connectivity index (χ1n) is 3.55. The summed E-state index contributed by atoms with van der Waals surface area (Å²) in [5.41, 5.74) is 0.761. The van der Waals surface area contributed by atoms with Crippen LogP contribution in [-0.4, -0.2) is 6.29 Å². The van der Waals surface area contributed by atoms with Gasteiger partial charge in [0.1, 0.15) is 0 Å². The molecule has 66 valence electrons. The number of benzene rings is 1. The molecule has 0 atom stereocenters. The number of fused-ring (bicyclic) bond motifs is 1. The summed E-state index contributed by atoms with van der Waals surface area (Å²) in [5.74, 6) is 0. The Morgan fingerprint density at radius 2 is 2.23 bits per heavy atom. The van der Waals surface area contributed by atoms with E-state index < -0.39 is 0 Å². The summed E-state index contributed by atoms with van der Waals surface area (Å²) in [4.78, 5) is 10.7. The summed E-state index contributed by atoms with van der Waals surface area (Å²) in [6.45, 7) is 0. The van der Waals surface area contributed by atoms with Crippen molar-refractivity contribution in [3.8, 4) is 0 Å². The number of carbonyl (C=O) groups is 1. The average Bonchev–Trinajstić information content (AvgIpc) is 2.48. The first-order chi connectivity index (χ1) is 6.22. The highest BCUT2D eigenvalue weighted by molar-refractivity contribution is 14.1. The number of thiophene rings is 1. The van der Waals surface area contributed by atoms with Crippen molar-refractivity contribution in [2.75, 3.05) is 0 Å². The molecule has 1 aromatic carbocycles. The maximum absolute atomic E-state index is 10.7. The second-order valence-corrected chi connectivity index (χ2v) is 6.14. The molecule has 0 aliphatic heterocycles. The van der Waals surface area contributed by atoms with Gasteiger partial charge in [0, 0.05) is 19.2 Å². The third kappa shape index (κ3) is 1.67. The summed E-state index contributed by atoms with van der Waals surface area (Å²) in [6.07, 6.45) is 0.900. The van der Waals surface area contributed by atoms with E-state index in [4.69, 9.17) is 0 Å². The van der Waals surface area contributed by atoms with Gasteiger partial charge in [-0.1, -0.05) is 0 Å². The zero-order valence-electron chi connectivity index (χ0n) is 6.38. The van der Waals surface area contributed by atoms with Gasteiger partial charge in [0.2, 0.25) is 0 Å². The maximum atomic E-state index is 10.7. The van der Waals surface area contributed by atoms with Crippen molar-refractivity contribution in [3.63, 3.8) is 0 Å². The highest BCUT2D eigenvalue weighted by atomic mass is 127. The van der Waals surface area contributed by atoms with Crippen LogP contribution in [0.1, 0.15) is 10.4 Å². The Bertz CT molecular complexity index is 478. The van der Waals surface area contributed by atoms with Crippen molar-refractivity contribution >= 4 is 66.2 Å². The Morgan fingerprint density at radius 3 is 2.92 bits per heavy atom. The highest BCUT2D eigenvalue weighted by Crippen LogP contribution is 2.34. The van der Waals surface area contributed by atoms with Crippen molar-refractivity contribution in [2.45, 2.75) is 0 Å². The Balaban J connectivity index is 2.91. The second-order valence-electron chi connectivity index (χ2n) is 2.55. The molecule has 0 bridgehead atoms. The molecule has 0 saturated carbocycles. The van der Waals surface area contributed by atoms with Gasteiger partial charge >= 0.3 is 0 Å². The van der Waals surface area contributed by atoms with Crippen molar-refractivity contribution < 1.29 is 4.79 Å². The number of halogens is 2. The lowest BCUT2D eigenvalue weighted by atomic mass is 10.1. The van der Waals surface area contributed by atoms with Crippen LogP contribution < -0.4 is 0 Å². The zero-order valence-corrected chi connectivity index (χ0v) is 10.9. The zero-order chi connectivity index (χ0) is 9.42. The SMILES string of the molecule is O=Cc1ccc(I)c2sc(Br)cc12. The van der Waals surface area contributed by atoms with Crippen LogP contribution in [0.15, 0.2) is 22.0 Å². The molecule has 0 aliphatic carbocycles. The third-order valence-electron chi connectivity index (χ3n) is 1.77. The lowest BCUT2D eigenvalue weighted by Gasteiger charge is -1.95. The first kappa shape index (κ1) is 9.61. The molecular formula is C9H4BrIOS. The van der Waals surface area contributed by atoms with Crippen LogP contribution in [0, 0.1) is 3.57 Å². The minimum absolute atomic E-state index is 0.761. The van der Waals surface area contributed by atoms with Crippen LogP contribution in [0.3, 0.4) is 0 Å². The van der Waals surface area contributed by atoms with Crippen LogP contribution >= 0.6 is 49.9 Å². The standard InChI is InChI=1S/C9H4BrIOS/c10-8-3-6-5(4-12)1-2-7(11)9(6)13-8/h1-4H. The Hall–Kier alpha value is 0.0600. The van der Waals surface area contributed by atoms with Gasteiger partial charge in [-0.25, -0.2) is 0 Å². The number of carbonyl (C=O) groups excluding carboxylic acids is 1. The van der Waals surface area contributed by atoms with E-state index in [0.29, 0.717) is 0 Å². The number of hydrogen-bond donors (Lipinski definition) is 0. The van der Waals surface area contributed by atoms with E-state index in [9.17, 15) is 4.79 Å². The Labute approximate surface area is 101 Å². The molecule has 1 heterocycles. The summed E-state index contributed by atoms with van der Waals surface area (Å²) in [5, 5.41) is 1.04. The second kappa shape index (κ2) is 3.67. The van der Waals surface area contributed by atoms with Crippen molar-refractivity contribution in [3.05, 3.63) is 31.1 Å². The normalized spacial score (nSPS) is 10.6. The maximum Gasteiger partial charge on any atom is 0.150 e. The molecule has 0 amide bonds. The molecule has 0 saturated heterocycles. The van der Waals surface area contributed by atoms with Gasteiger partial charge in [-0.2, -0.15) is 0 Å². The van der Waals surface area contributed by atoms with Crippen LogP contribution in [0.4, 0.5) is 0 Å². The topological polar surface area (TPSA) is 17.1 Å². The van der Waals surface area contributed by atoms with Gasteiger partial charge in [-0.3, -0.25) is 4.79 Å². The Morgan fingerprint density at radius 1 is 1.46 bits per heavy atom. The first-order valence-corrected chi connectivity index (χ1v) is 6.24. The van der Waals surface area contributed by atoms with E-state index in [-0.39, 0.29) is 0 Å². The van der Waals surface area contributed by atoms with Gasteiger partial charge in [0.25, 0.3) is 0 Å². The number of hydrogen-bond acceptors (Lipinski definition) is 2. The van der Waals surface area contributed by atoms with Crippen molar-refractivity contribution in [1.82, 2.24) is 0 Å². The number of aldehydes is 1. The minimum Gasteiger partial charge on any atom is -0.298 e. The summed E-state index contributed by atoms with van der Waals surface area (Å²) >= 11 is 7.36. The smallest absolute Gasteiger partial charge is 0.150 e. The van der Waals surface area contributed by atoms with Crippen LogP contribution in [0.2, 0.25) is 0 Å². The fraction of sp³-hybridized carbons (Fsp3) is 0. The summed E-state index contributed by atoms with van der Waals surface area (Å²) in [6, 6.07) is 5.82. The van der Waals surface area contributed by atoms with Crippen LogP contribution in [0.25, 0.3) is 10.1 Å². The number of rotatable bonds is 1. The fourth-order valence-electron chi connectivity index (χ4n) is 1.18. The largest absolute Gasteiger partial charge is 0.298 e. The summed E-state index contributed by atoms with van der Waals surface area (Å²) in [7, 11) is 0. The van der Waals surface area contributed by atoms with E-state index in [1.807, 2.05) is 18.2 Å². The molecule has 0 aliphatic rings. The predicted molar refractivity (Wildman–Crippen MR) is 67.6 cm³/mol. The van der Waals surface area contributed by atoms with Crippen molar-refractivity contribution in [2.24, 2.45) is 0 Å². The fourth-order valence-corrected chi connectivity index (χ4v) is 3.52. The highest BCUT2D eigenvalue weighted by Gasteiger charge is 2.07. The molecule has 2 rings (SSSR count). The molecule has 0 fully saturated rings. The molecule has 0 spiro atoms. The molecule has 0 unspecified atom stereocenters. The van der Waals surface area contributed by atoms with E-state index >= 15 is 0 Å². The van der Waals surface area contributed by atoms with Gasteiger partial charge in [0.15, 0.2) is 6.29 Å². The van der Waals surface area contributed by atoms with E-state index in [0.717, 1.165) is 21.0 Å². The van der Waals surface area contributed by atoms with Gasteiger partial charge in [-0.05, 0) is 56.7 Å². The van der Waals surface area contributed by atoms with E-state index in [1.165, 1.54) is 8.27 Å². The molecule has 1 nitrogen and oxygen atoms in total. The monoisotopic (exact) mass is 366 g/mol. The molecule has 2 aromatic rings. The molecule has 0 radical (unpaired) electrons. The van der Waals surface area contributed by atoms with Crippen LogP contribution in [-0.2, 0) is 0 Å². The van der Waals surface area contributed by atoms with E-state index in [2.05, 4.69) is 38.5 Å². The molecule has 4 heteroatoms. The molecular weight excluding hydrogens is 363 g/mol. The lowest BCUT2D eigenvalue weighted by Crippen LogP contribution is -1.81. The van der Waals surface area contributed by atoms with Crippen molar-refractivity contribution in [1.29, 1.82) is 0 Å². The lowest BCUT2D eigenvalue weighted by molar-refractivity contribution is 0.112. The quantitative estimate of drug-likeness (QED) is 0.549. The van der Waals surface area contributed by atoms with E-state index in [1.54, 1.807) is 11.3 Å². The van der Waals surface area contributed by atoms with Gasteiger partial charge in [0.05, 0.1) is 3.79 Å².